The van der Waals surface area contributed by atoms with E-state index in [4.69, 9.17) is 21.1 Å². The van der Waals surface area contributed by atoms with Gasteiger partial charge in [-0.2, -0.15) is 0 Å². The number of carboxylic acids is 1. The van der Waals surface area contributed by atoms with Crippen LogP contribution in [0.25, 0.3) is 11.0 Å². The van der Waals surface area contributed by atoms with Crippen LogP contribution in [-0.4, -0.2) is 11.1 Å². The van der Waals surface area contributed by atoms with Gasteiger partial charge in [-0.05, 0) is 31.5 Å². The average Bonchev–Trinajstić information content (AvgIpc) is 2.59. The number of furan rings is 1. The number of halogens is 1. The quantitative estimate of drug-likeness (QED) is 0.808. The normalized spacial score (nSPS) is 10.9. The van der Waals surface area contributed by atoms with E-state index >= 15 is 0 Å². The maximum absolute atomic E-state index is 10.8. The zero-order valence-corrected chi connectivity index (χ0v) is 9.05. The Morgan fingerprint density at radius 2 is 2.07 bits per heavy atom. The molecule has 0 atom stereocenters. The molecule has 0 aliphatic heterocycles. The summed E-state index contributed by atoms with van der Waals surface area (Å²) in [6.07, 6.45) is 0. The van der Waals surface area contributed by atoms with Gasteiger partial charge in [0.2, 0.25) is 5.76 Å². The van der Waals surface area contributed by atoms with Crippen LogP contribution in [0.15, 0.2) is 16.5 Å². The standard InChI is InChI=1S/C11H9ClO3/c1-5-3-8(12)6(2)10-7(5)4-9(15-10)11(13)14/h3-4H,1-2H3,(H,13,14). The molecule has 2 aromatic rings. The highest BCUT2D eigenvalue weighted by Gasteiger charge is 2.15. The lowest BCUT2D eigenvalue weighted by molar-refractivity contribution is 0.0665. The van der Waals surface area contributed by atoms with Gasteiger partial charge in [-0.25, -0.2) is 4.79 Å². The van der Waals surface area contributed by atoms with E-state index in [1.165, 1.54) is 6.07 Å². The molecule has 0 bridgehead atoms. The zero-order chi connectivity index (χ0) is 11.2. The molecule has 0 saturated carbocycles. The van der Waals surface area contributed by atoms with Crippen LogP contribution in [0, 0.1) is 13.8 Å². The van der Waals surface area contributed by atoms with Crippen molar-refractivity contribution in [2.45, 2.75) is 13.8 Å². The molecule has 2 rings (SSSR count). The van der Waals surface area contributed by atoms with Gasteiger partial charge >= 0.3 is 5.97 Å². The van der Waals surface area contributed by atoms with Crippen LogP contribution in [0.1, 0.15) is 21.7 Å². The maximum Gasteiger partial charge on any atom is 0.371 e. The molecular weight excluding hydrogens is 216 g/mol. The van der Waals surface area contributed by atoms with Crippen molar-refractivity contribution in [3.05, 3.63) is 34.0 Å². The summed E-state index contributed by atoms with van der Waals surface area (Å²) in [5.74, 6) is -1.13. The van der Waals surface area contributed by atoms with Crippen molar-refractivity contribution in [2.75, 3.05) is 0 Å². The summed E-state index contributed by atoms with van der Waals surface area (Å²) in [6, 6.07) is 3.33. The molecule has 0 aliphatic carbocycles. The van der Waals surface area contributed by atoms with Gasteiger partial charge in [-0.3, -0.25) is 0 Å². The molecule has 4 heteroatoms. The van der Waals surface area contributed by atoms with E-state index in [0.29, 0.717) is 10.6 Å². The summed E-state index contributed by atoms with van der Waals surface area (Å²) < 4.78 is 5.24. The van der Waals surface area contributed by atoms with E-state index in [1.807, 2.05) is 6.92 Å². The van der Waals surface area contributed by atoms with Gasteiger partial charge in [-0.15, -0.1) is 0 Å². The van der Waals surface area contributed by atoms with Crippen LogP contribution in [0.4, 0.5) is 0 Å². The Labute approximate surface area is 91.3 Å². The van der Waals surface area contributed by atoms with E-state index in [2.05, 4.69) is 0 Å². The van der Waals surface area contributed by atoms with Gasteiger partial charge in [0.1, 0.15) is 5.58 Å². The Morgan fingerprint density at radius 1 is 1.40 bits per heavy atom. The van der Waals surface area contributed by atoms with Gasteiger partial charge in [0, 0.05) is 16.0 Å². The minimum absolute atomic E-state index is 0.0570. The first-order valence-electron chi connectivity index (χ1n) is 4.43. The van der Waals surface area contributed by atoms with Crippen LogP contribution in [0.2, 0.25) is 5.02 Å². The van der Waals surface area contributed by atoms with E-state index in [9.17, 15) is 4.79 Å². The third kappa shape index (κ3) is 1.49. The summed E-state index contributed by atoms with van der Waals surface area (Å²) in [7, 11) is 0. The van der Waals surface area contributed by atoms with Crippen LogP contribution >= 0.6 is 11.6 Å². The molecule has 1 aromatic heterocycles. The molecule has 15 heavy (non-hydrogen) atoms. The highest BCUT2D eigenvalue weighted by Crippen LogP contribution is 2.31. The second-order valence-electron chi connectivity index (χ2n) is 3.46. The van der Waals surface area contributed by atoms with Crippen molar-refractivity contribution in [3.8, 4) is 0 Å². The van der Waals surface area contributed by atoms with Gasteiger partial charge in [0.15, 0.2) is 0 Å². The van der Waals surface area contributed by atoms with E-state index in [0.717, 1.165) is 16.5 Å². The Bertz CT molecular complexity index is 554. The number of benzene rings is 1. The first-order valence-corrected chi connectivity index (χ1v) is 4.81. The maximum atomic E-state index is 10.8. The van der Waals surface area contributed by atoms with Crippen LogP contribution < -0.4 is 0 Å². The van der Waals surface area contributed by atoms with Crippen molar-refractivity contribution in [2.24, 2.45) is 0 Å². The lowest BCUT2D eigenvalue weighted by Gasteiger charge is -2.00. The largest absolute Gasteiger partial charge is 0.475 e. The highest BCUT2D eigenvalue weighted by molar-refractivity contribution is 6.32. The summed E-state index contributed by atoms with van der Waals surface area (Å²) in [5, 5.41) is 10.2. The fraction of sp³-hybridized carbons (Fsp3) is 0.182. The third-order valence-corrected chi connectivity index (χ3v) is 2.80. The number of aryl methyl sites for hydroxylation is 2. The van der Waals surface area contributed by atoms with E-state index < -0.39 is 5.97 Å². The molecule has 0 unspecified atom stereocenters. The fourth-order valence-electron chi connectivity index (χ4n) is 1.55. The molecule has 1 aromatic carbocycles. The average molecular weight is 225 g/mol. The summed E-state index contributed by atoms with van der Waals surface area (Å²) in [5.41, 5.74) is 2.24. The van der Waals surface area contributed by atoms with Gasteiger partial charge in [-0.1, -0.05) is 11.6 Å². The first kappa shape index (κ1) is 10.1. The number of hydrogen-bond acceptors (Lipinski definition) is 2. The topological polar surface area (TPSA) is 50.4 Å². The molecule has 78 valence electrons. The molecule has 0 amide bonds. The van der Waals surface area contributed by atoms with Gasteiger partial charge in [0.05, 0.1) is 0 Å². The number of fused-ring (bicyclic) bond motifs is 1. The molecule has 0 spiro atoms. The van der Waals surface area contributed by atoms with Crippen LogP contribution in [0.3, 0.4) is 0 Å². The second kappa shape index (κ2) is 3.28. The fourth-order valence-corrected chi connectivity index (χ4v) is 1.80. The number of rotatable bonds is 1. The molecule has 0 fully saturated rings. The van der Waals surface area contributed by atoms with Crippen LogP contribution in [-0.2, 0) is 0 Å². The van der Waals surface area contributed by atoms with Crippen molar-refractivity contribution in [1.29, 1.82) is 0 Å². The Hall–Kier alpha value is -1.48. The lowest BCUT2D eigenvalue weighted by Crippen LogP contribution is -1.91. The molecule has 1 N–H and O–H groups in total. The van der Waals surface area contributed by atoms with Gasteiger partial charge < -0.3 is 9.52 Å². The molecule has 0 aliphatic rings. The second-order valence-corrected chi connectivity index (χ2v) is 3.87. The Morgan fingerprint density at radius 3 is 2.67 bits per heavy atom. The molecule has 3 nitrogen and oxygen atoms in total. The Balaban J connectivity index is 2.85. The van der Waals surface area contributed by atoms with Crippen molar-refractivity contribution < 1.29 is 14.3 Å². The molecule has 0 saturated heterocycles. The number of hydrogen-bond donors (Lipinski definition) is 1. The van der Waals surface area contributed by atoms with E-state index in [-0.39, 0.29) is 5.76 Å². The zero-order valence-electron chi connectivity index (χ0n) is 8.30. The lowest BCUT2D eigenvalue weighted by atomic mass is 10.1. The molecule has 1 heterocycles. The number of aromatic carboxylic acids is 1. The first-order chi connectivity index (χ1) is 7.00. The van der Waals surface area contributed by atoms with Crippen molar-refractivity contribution in [3.63, 3.8) is 0 Å². The number of carbonyl (C=O) groups is 1. The minimum Gasteiger partial charge on any atom is -0.475 e. The SMILES string of the molecule is Cc1cc(Cl)c(C)c2oc(C(=O)O)cc12. The van der Waals surface area contributed by atoms with Gasteiger partial charge in [0.25, 0.3) is 0 Å². The minimum atomic E-state index is -1.07. The molecular formula is C11H9ClO3. The summed E-state index contributed by atoms with van der Waals surface area (Å²) >= 11 is 5.97. The highest BCUT2D eigenvalue weighted by atomic mass is 35.5. The monoisotopic (exact) mass is 224 g/mol. The predicted octanol–water partition coefficient (Wildman–Crippen LogP) is 3.40. The van der Waals surface area contributed by atoms with Crippen LogP contribution in [0.5, 0.6) is 0 Å². The third-order valence-electron chi connectivity index (χ3n) is 2.41. The van der Waals surface area contributed by atoms with E-state index in [1.54, 1.807) is 13.0 Å². The van der Waals surface area contributed by atoms with Crippen molar-refractivity contribution >= 4 is 28.5 Å². The van der Waals surface area contributed by atoms with Crippen molar-refractivity contribution in [1.82, 2.24) is 0 Å². The Kier molecular flexibility index (Phi) is 2.20. The molecule has 0 radical (unpaired) electrons. The predicted molar refractivity (Wildman–Crippen MR) is 57.7 cm³/mol. The summed E-state index contributed by atoms with van der Waals surface area (Å²) in [4.78, 5) is 10.8. The smallest absolute Gasteiger partial charge is 0.371 e. The number of carboxylic acid groups (broad SMARTS) is 1. The summed E-state index contributed by atoms with van der Waals surface area (Å²) in [6.45, 7) is 3.67.